The van der Waals surface area contributed by atoms with Crippen LogP contribution < -0.4 is 14.8 Å². The minimum Gasteiger partial charge on any atom is -0.497 e. The number of methoxy groups -OCH3 is 2. The van der Waals surface area contributed by atoms with Gasteiger partial charge in [-0.25, -0.2) is 0 Å². The number of aryl methyl sites for hydroxylation is 1. The SMILES string of the molecule is COc1ccc([C@H]2CCc3cc(OC)ccc3N2)cc1. The van der Waals surface area contributed by atoms with Crippen LogP contribution in [0.5, 0.6) is 11.5 Å². The highest BCUT2D eigenvalue weighted by Crippen LogP contribution is 2.34. The number of hydrogen-bond donors (Lipinski definition) is 1. The Morgan fingerprint density at radius 1 is 0.950 bits per heavy atom. The standard InChI is InChI=1S/C17H19NO2/c1-19-14-6-3-12(4-7-14)16-9-5-13-11-15(20-2)8-10-17(13)18-16/h3-4,6-8,10-11,16,18H,5,9H2,1-2H3/t16-/m1/s1. The summed E-state index contributed by atoms with van der Waals surface area (Å²) in [6.07, 6.45) is 2.16. The number of rotatable bonds is 3. The number of ether oxygens (including phenoxy) is 2. The Balaban J connectivity index is 1.80. The Hall–Kier alpha value is -2.16. The molecule has 0 bridgehead atoms. The first-order chi connectivity index (χ1) is 9.80. The van der Waals surface area contributed by atoms with Gasteiger partial charge in [-0.05, 0) is 54.3 Å². The molecule has 20 heavy (non-hydrogen) atoms. The third-order valence-corrected chi connectivity index (χ3v) is 3.86. The molecule has 1 heterocycles. The molecule has 0 fully saturated rings. The first kappa shape index (κ1) is 12.9. The lowest BCUT2D eigenvalue weighted by atomic mass is 9.93. The molecule has 1 aliphatic heterocycles. The van der Waals surface area contributed by atoms with E-state index in [9.17, 15) is 0 Å². The fourth-order valence-electron chi connectivity index (χ4n) is 2.69. The zero-order valence-corrected chi connectivity index (χ0v) is 11.8. The molecule has 2 aromatic carbocycles. The molecule has 0 saturated carbocycles. The summed E-state index contributed by atoms with van der Waals surface area (Å²) in [4.78, 5) is 0. The van der Waals surface area contributed by atoms with Crippen molar-refractivity contribution < 1.29 is 9.47 Å². The molecule has 0 unspecified atom stereocenters. The summed E-state index contributed by atoms with van der Waals surface area (Å²) in [6, 6.07) is 14.9. The molecule has 0 aromatic heterocycles. The largest absolute Gasteiger partial charge is 0.497 e. The van der Waals surface area contributed by atoms with Crippen molar-refractivity contribution in [3.63, 3.8) is 0 Å². The molecule has 1 atom stereocenters. The topological polar surface area (TPSA) is 30.5 Å². The fourth-order valence-corrected chi connectivity index (χ4v) is 2.69. The maximum Gasteiger partial charge on any atom is 0.119 e. The second-order valence-corrected chi connectivity index (χ2v) is 5.03. The third-order valence-electron chi connectivity index (χ3n) is 3.86. The van der Waals surface area contributed by atoms with Crippen LogP contribution in [0.1, 0.15) is 23.6 Å². The first-order valence-electron chi connectivity index (χ1n) is 6.87. The van der Waals surface area contributed by atoms with E-state index in [1.54, 1.807) is 14.2 Å². The van der Waals surface area contributed by atoms with Gasteiger partial charge in [0.2, 0.25) is 0 Å². The van der Waals surface area contributed by atoms with Crippen LogP contribution in [0.4, 0.5) is 5.69 Å². The summed E-state index contributed by atoms with van der Waals surface area (Å²) >= 11 is 0. The molecule has 3 nitrogen and oxygen atoms in total. The van der Waals surface area contributed by atoms with E-state index in [1.165, 1.54) is 16.8 Å². The number of benzene rings is 2. The molecule has 1 aliphatic rings. The van der Waals surface area contributed by atoms with Crippen molar-refractivity contribution in [2.45, 2.75) is 18.9 Å². The van der Waals surface area contributed by atoms with E-state index in [4.69, 9.17) is 9.47 Å². The van der Waals surface area contributed by atoms with Gasteiger partial charge in [0, 0.05) is 5.69 Å². The molecule has 0 amide bonds. The van der Waals surface area contributed by atoms with Gasteiger partial charge >= 0.3 is 0 Å². The minimum atomic E-state index is 0.363. The second kappa shape index (κ2) is 5.45. The van der Waals surface area contributed by atoms with E-state index in [-0.39, 0.29) is 0 Å². The van der Waals surface area contributed by atoms with Crippen LogP contribution in [0.3, 0.4) is 0 Å². The van der Waals surface area contributed by atoms with Crippen molar-refractivity contribution in [1.29, 1.82) is 0 Å². The van der Waals surface area contributed by atoms with Crippen molar-refractivity contribution in [2.75, 3.05) is 19.5 Å². The molecular formula is C17H19NO2. The highest BCUT2D eigenvalue weighted by molar-refractivity contribution is 5.57. The lowest BCUT2D eigenvalue weighted by Crippen LogP contribution is -2.17. The van der Waals surface area contributed by atoms with E-state index >= 15 is 0 Å². The van der Waals surface area contributed by atoms with E-state index < -0.39 is 0 Å². The van der Waals surface area contributed by atoms with Crippen LogP contribution in [0, 0.1) is 0 Å². The number of nitrogens with one attached hydrogen (secondary N) is 1. The van der Waals surface area contributed by atoms with Crippen LogP contribution in [0.25, 0.3) is 0 Å². The average Bonchev–Trinajstić information content (AvgIpc) is 2.54. The van der Waals surface area contributed by atoms with Gasteiger partial charge in [0.05, 0.1) is 20.3 Å². The monoisotopic (exact) mass is 269 g/mol. The highest BCUT2D eigenvalue weighted by Gasteiger charge is 2.19. The average molecular weight is 269 g/mol. The van der Waals surface area contributed by atoms with E-state index in [1.807, 2.05) is 18.2 Å². The van der Waals surface area contributed by atoms with Crippen LogP contribution >= 0.6 is 0 Å². The normalized spacial score (nSPS) is 17.0. The number of anilines is 1. The summed E-state index contributed by atoms with van der Waals surface area (Å²) in [5, 5.41) is 3.61. The molecular weight excluding hydrogens is 250 g/mol. The molecule has 2 aromatic rings. The number of fused-ring (bicyclic) bond motifs is 1. The number of hydrogen-bond acceptors (Lipinski definition) is 3. The predicted octanol–water partition coefficient (Wildman–Crippen LogP) is 3.80. The molecule has 0 saturated heterocycles. The lowest BCUT2D eigenvalue weighted by molar-refractivity contribution is 0.413. The van der Waals surface area contributed by atoms with Gasteiger partial charge in [0.1, 0.15) is 11.5 Å². The van der Waals surface area contributed by atoms with Crippen LogP contribution in [-0.2, 0) is 6.42 Å². The Kier molecular flexibility index (Phi) is 3.50. The fraction of sp³-hybridized carbons (Fsp3) is 0.294. The summed E-state index contributed by atoms with van der Waals surface area (Å²) in [7, 11) is 3.40. The second-order valence-electron chi connectivity index (χ2n) is 5.03. The maximum atomic E-state index is 5.28. The zero-order chi connectivity index (χ0) is 13.9. The summed E-state index contributed by atoms with van der Waals surface area (Å²) in [5.74, 6) is 1.82. The summed E-state index contributed by atoms with van der Waals surface area (Å²) in [5.41, 5.74) is 3.83. The Labute approximate surface area is 119 Å². The molecule has 3 heteroatoms. The Morgan fingerprint density at radius 2 is 1.65 bits per heavy atom. The summed E-state index contributed by atoms with van der Waals surface area (Å²) in [6.45, 7) is 0. The van der Waals surface area contributed by atoms with Crippen LogP contribution in [0.2, 0.25) is 0 Å². The van der Waals surface area contributed by atoms with Gasteiger partial charge in [-0.2, -0.15) is 0 Å². The van der Waals surface area contributed by atoms with Gasteiger partial charge in [0.15, 0.2) is 0 Å². The van der Waals surface area contributed by atoms with Gasteiger partial charge in [-0.1, -0.05) is 12.1 Å². The highest BCUT2D eigenvalue weighted by atomic mass is 16.5. The van der Waals surface area contributed by atoms with Gasteiger partial charge in [-0.15, -0.1) is 0 Å². The molecule has 104 valence electrons. The van der Waals surface area contributed by atoms with Gasteiger partial charge in [-0.3, -0.25) is 0 Å². The van der Waals surface area contributed by atoms with Crippen molar-refractivity contribution >= 4 is 5.69 Å². The molecule has 0 aliphatic carbocycles. The van der Waals surface area contributed by atoms with E-state index in [0.29, 0.717) is 6.04 Å². The van der Waals surface area contributed by atoms with Crippen molar-refractivity contribution in [2.24, 2.45) is 0 Å². The smallest absolute Gasteiger partial charge is 0.119 e. The zero-order valence-electron chi connectivity index (χ0n) is 11.8. The summed E-state index contributed by atoms with van der Waals surface area (Å²) < 4.78 is 10.5. The van der Waals surface area contributed by atoms with Crippen molar-refractivity contribution in [3.05, 3.63) is 53.6 Å². The Bertz CT molecular complexity index is 592. The minimum absolute atomic E-state index is 0.363. The molecule has 3 rings (SSSR count). The first-order valence-corrected chi connectivity index (χ1v) is 6.87. The molecule has 0 radical (unpaired) electrons. The van der Waals surface area contributed by atoms with Crippen molar-refractivity contribution in [1.82, 2.24) is 0 Å². The van der Waals surface area contributed by atoms with Crippen molar-refractivity contribution in [3.8, 4) is 11.5 Å². The molecule has 1 N–H and O–H groups in total. The third kappa shape index (κ3) is 2.44. The lowest BCUT2D eigenvalue weighted by Gasteiger charge is -2.27. The maximum absolute atomic E-state index is 5.28. The van der Waals surface area contributed by atoms with E-state index in [2.05, 4.69) is 29.6 Å². The quantitative estimate of drug-likeness (QED) is 0.919. The molecule has 0 spiro atoms. The van der Waals surface area contributed by atoms with Gasteiger partial charge < -0.3 is 14.8 Å². The van der Waals surface area contributed by atoms with Crippen LogP contribution in [0.15, 0.2) is 42.5 Å². The Morgan fingerprint density at radius 3 is 2.35 bits per heavy atom. The predicted molar refractivity (Wildman–Crippen MR) is 80.7 cm³/mol. The van der Waals surface area contributed by atoms with E-state index in [0.717, 1.165) is 24.3 Å². The van der Waals surface area contributed by atoms with Gasteiger partial charge in [0.25, 0.3) is 0 Å². The van der Waals surface area contributed by atoms with Crippen LogP contribution in [-0.4, -0.2) is 14.2 Å².